The Morgan fingerprint density at radius 1 is 1.06 bits per heavy atom. The SMILES string of the molecule is Nc1cc(Cl)ccc1C1C=CCc2ccccc21. The van der Waals surface area contributed by atoms with E-state index < -0.39 is 0 Å². The molecule has 90 valence electrons. The zero-order valence-electron chi connectivity index (χ0n) is 9.94. The van der Waals surface area contributed by atoms with E-state index in [9.17, 15) is 0 Å². The van der Waals surface area contributed by atoms with Gasteiger partial charge in [0.05, 0.1) is 0 Å². The van der Waals surface area contributed by atoms with E-state index in [-0.39, 0.29) is 5.92 Å². The number of rotatable bonds is 1. The first-order valence-corrected chi connectivity index (χ1v) is 6.43. The molecule has 1 aliphatic carbocycles. The van der Waals surface area contributed by atoms with Crippen molar-refractivity contribution in [3.63, 3.8) is 0 Å². The molecule has 2 aromatic rings. The number of hydrogen-bond acceptors (Lipinski definition) is 1. The molecule has 1 aliphatic rings. The van der Waals surface area contributed by atoms with Gasteiger partial charge < -0.3 is 5.73 Å². The number of nitrogen functional groups attached to an aromatic ring is 1. The third-order valence-electron chi connectivity index (χ3n) is 3.44. The summed E-state index contributed by atoms with van der Waals surface area (Å²) < 4.78 is 0. The predicted molar refractivity (Wildman–Crippen MR) is 77.0 cm³/mol. The topological polar surface area (TPSA) is 26.0 Å². The average Bonchev–Trinajstić information content (AvgIpc) is 2.38. The molecule has 0 aromatic heterocycles. The van der Waals surface area contributed by atoms with Crippen LogP contribution in [0.25, 0.3) is 0 Å². The third kappa shape index (κ3) is 1.91. The highest BCUT2D eigenvalue weighted by molar-refractivity contribution is 6.30. The monoisotopic (exact) mass is 255 g/mol. The number of hydrogen-bond donors (Lipinski definition) is 1. The molecule has 1 atom stereocenters. The number of halogens is 1. The highest BCUT2D eigenvalue weighted by Gasteiger charge is 2.19. The molecule has 0 fully saturated rings. The minimum absolute atomic E-state index is 0.243. The summed E-state index contributed by atoms with van der Waals surface area (Å²) in [6.45, 7) is 0. The number of benzene rings is 2. The van der Waals surface area contributed by atoms with Gasteiger partial charge in [0.1, 0.15) is 0 Å². The van der Waals surface area contributed by atoms with E-state index in [1.807, 2.05) is 18.2 Å². The fourth-order valence-electron chi connectivity index (χ4n) is 2.56. The van der Waals surface area contributed by atoms with Crippen LogP contribution in [0.3, 0.4) is 0 Å². The quantitative estimate of drug-likeness (QED) is 0.601. The molecular weight excluding hydrogens is 242 g/mol. The fraction of sp³-hybridized carbons (Fsp3) is 0.125. The number of fused-ring (bicyclic) bond motifs is 1. The number of allylic oxidation sites excluding steroid dienone is 2. The zero-order valence-corrected chi connectivity index (χ0v) is 10.7. The lowest BCUT2D eigenvalue weighted by molar-refractivity contribution is 0.956. The van der Waals surface area contributed by atoms with Crippen LogP contribution in [0.1, 0.15) is 22.6 Å². The molecule has 3 rings (SSSR count). The van der Waals surface area contributed by atoms with Crippen LogP contribution in [0.15, 0.2) is 54.6 Å². The Morgan fingerprint density at radius 2 is 1.89 bits per heavy atom. The maximum atomic E-state index is 6.09. The van der Waals surface area contributed by atoms with Gasteiger partial charge in [-0.15, -0.1) is 0 Å². The predicted octanol–water partition coefficient (Wildman–Crippen LogP) is 4.17. The molecule has 1 nitrogen and oxygen atoms in total. The van der Waals surface area contributed by atoms with Crippen molar-refractivity contribution in [2.45, 2.75) is 12.3 Å². The van der Waals surface area contributed by atoms with E-state index in [0.717, 1.165) is 17.7 Å². The molecule has 18 heavy (non-hydrogen) atoms. The van der Waals surface area contributed by atoms with E-state index in [1.54, 1.807) is 0 Å². The summed E-state index contributed by atoms with van der Waals surface area (Å²) in [7, 11) is 0. The zero-order chi connectivity index (χ0) is 12.5. The molecule has 0 heterocycles. The molecule has 0 spiro atoms. The van der Waals surface area contributed by atoms with Gasteiger partial charge >= 0.3 is 0 Å². The van der Waals surface area contributed by atoms with Gasteiger partial charge in [0.15, 0.2) is 0 Å². The van der Waals surface area contributed by atoms with Crippen LogP contribution in [0.5, 0.6) is 0 Å². The molecule has 0 aliphatic heterocycles. The van der Waals surface area contributed by atoms with Crippen molar-refractivity contribution in [2.75, 3.05) is 5.73 Å². The first-order valence-electron chi connectivity index (χ1n) is 6.05. The van der Waals surface area contributed by atoms with Crippen LogP contribution in [-0.2, 0) is 6.42 Å². The van der Waals surface area contributed by atoms with Crippen molar-refractivity contribution >= 4 is 17.3 Å². The van der Waals surface area contributed by atoms with Gasteiger partial charge in [0, 0.05) is 16.6 Å². The maximum absolute atomic E-state index is 6.09. The summed E-state index contributed by atoms with van der Waals surface area (Å²) in [5, 5.41) is 0.685. The van der Waals surface area contributed by atoms with Gasteiger partial charge in [-0.25, -0.2) is 0 Å². The Bertz CT molecular complexity index is 616. The highest BCUT2D eigenvalue weighted by Crippen LogP contribution is 2.36. The number of anilines is 1. The third-order valence-corrected chi connectivity index (χ3v) is 3.68. The van der Waals surface area contributed by atoms with E-state index >= 15 is 0 Å². The second-order valence-corrected chi connectivity index (χ2v) is 5.02. The van der Waals surface area contributed by atoms with Crippen LogP contribution < -0.4 is 5.73 Å². The Balaban J connectivity index is 2.12. The summed E-state index contributed by atoms with van der Waals surface area (Å²) >= 11 is 5.96. The van der Waals surface area contributed by atoms with Crippen molar-refractivity contribution in [3.8, 4) is 0 Å². The minimum Gasteiger partial charge on any atom is -0.398 e. The van der Waals surface area contributed by atoms with Crippen molar-refractivity contribution < 1.29 is 0 Å². The Labute approximate surface area is 112 Å². The lowest BCUT2D eigenvalue weighted by atomic mass is 9.83. The second kappa shape index (κ2) is 4.51. The molecule has 0 saturated heterocycles. The molecular formula is C16H14ClN. The molecule has 2 N–H and O–H groups in total. The summed E-state index contributed by atoms with van der Waals surface area (Å²) in [6.07, 6.45) is 5.43. The summed E-state index contributed by atoms with van der Waals surface area (Å²) in [4.78, 5) is 0. The average molecular weight is 256 g/mol. The largest absolute Gasteiger partial charge is 0.398 e. The van der Waals surface area contributed by atoms with Gasteiger partial charge in [0.25, 0.3) is 0 Å². The summed E-state index contributed by atoms with van der Waals surface area (Å²) in [5.41, 5.74) is 10.7. The van der Waals surface area contributed by atoms with Gasteiger partial charge in [0.2, 0.25) is 0 Å². The fourth-order valence-corrected chi connectivity index (χ4v) is 2.74. The molecule has 2 heteroatoms. The highest BCUT2D eigenvalue weighted by atomic mass is 35.5. The van der Waals surface area contributed by atoms with E-state index in [1.165, 1.54) is 11.1 Å². The van der Waals surface area contributed by atoms with Gasteiger partial charge in [-0.2, -0.15) is 0 Å². The number of nitrogens with two attached hydrogens (primary N) is 1. The lowest BCUT2D eigenvalue weighted by Gasteiger charge is -2.22. The summed E-state index contributed by atoms with van der Waals surface area (Å²) in [6, 6.07) is 14.3. The first kappa shape index (κ1) is 11.4. The van der Waals surface area contributed by atoms with Gasteiger partial charge in [-0.05, 0) is 35.2 Å². The van der Waals surface area contributed by atoms with Crippen LogP contribution in [-0.4, -0.2) is 0 Å². The Kier molecular flexibility index (Phi) is 2.85. The van der Waals surface area contributed by atoms with E-state index in [0.29, 0.717) is 5.02 Å². The lowest BCUT2D eigenvalue weighted by Crippen LogP contribution is -2.08. The molecule has 0 amide bonds. The van der Waals surface area contributed by atoms with Gasteiger partial charge in [-0.3, -0.25) is 0 Å². The minimum atomic E-state index is 0.243. The van der Waals surface area contributed by atoms with Crippen LogP contribution in [0, 0.1) is 0 Å². The Hall–Kier alpha value is -1.73. The maximum Gasteiger partial charge on any atom is 0.0426 e. The van der Waals surface area contributed by atoms with Crippen molar-refractivity contribution in [1.29, 1.82) is 0 Å². The smallest absolute Gasteiger partial charge is 0.0426 e. The van der Waals surface area contributed by atoms with E-state index in [2.05, 4.69) is 36.4 Å². The normalized spacial score (nSPS) is 17.5. The second-order valence-electron chi connectivity index (χ2n) is 4.58. The van der Waals surface area contributed by atoms with Crippen LogP contribution in [0.4, 0.5) is 5.69 Å². The molecule has 0 radical (unpaired) electrons. The molecule has 1 unspecified atom stereocenters. The molecule has 2 aromatic carbocycles. The molecule has 0 bridgehead atoms. The van der Waals surface area contributed by atoms with Crippen LogP contribution >= 0.6 is 11.6 Å². The standard InChI is InChI=1S/C16H14ClN/c17-12-8-9-15(16(18)10-12)14-7-3-5-11-4-1-2-6-13(11)14/h1-4,6-10,14H,5,18H2. The Morgan fingerprint density at radius 3 is 2.72 bits per heavy atom. The van der Waals surface area contributed by atoms with E-state index in [4.69, 9.17) is 17.3 Å². The molecule has 0 saturated carbocycles. The van der Waals surface area contributed by atoms with Crippen molar-refractivity contribution in [1.82, 2.24) is 0 Å². The van der Waals surface area contributed by atoms with Crippen molar-refractivity contribution in [2.24, 2.45) is 0 Å². The van der Waals surface area contributed by atoms with Crippen molar-refractivity contribution in [3.05, 3.63) is 76.3 Å². The first-order chi connectivity index (χ1) is 8.75. The summed E-state index contributed by atoms with van der Waals surface area (Å²) in [5.74, 6) is 0.243. The van der Waals surface area contributed by atoms with Crippen LogP contribution in [0.2, 0.25) is 5.02 Å². The van der Waals surface area contributed by atoms with Gasteiger partial charge in [-0.1, -0.05) is 54.1 Å².